The smallest absolute Gasteiger partial charge is 0.0303 e. The van der Waals surface area contributed by atoms with Gasteiger partial charge in [-0.2, -0.15) is 0 Å². The fourth-order valence-corrected chi connectivity index (χ4v) is 3.61. The number of rotatable bonds is 9. The molecule has 1 heterocycles. The van der Waals surface area contributed by atoms with Gasteiger partial charge in [0.25, 0.3) is 0 Å². The molecular formula is C18H38N2. The van der Waals surface area contributed by atoms with Gasteiger partial charge in [0.2, 0.25) is 0 Å². The minimum absolute atomic E-state index is 0.245. The average Bonchev–Trinajstić information content (AvgIpc) is 2.72. The highest BCUT2D eigenvalue weighted by Crippen LogP contribution is 2.28. The molecule has 120 valence electrons. The molecule has 0 amide bonds. The average molecular weight is 283 g/mol. The standard InChI is InChI=1S/C18H38N2/c1-4-6-7-8-9-13-18(3,16-19)20-14-10-11-17(5-2)12-15-20/h17H,4-16,19H2,1-3H3. The highest BCUT2D eigenvalue weighted by molar-refractivity contribution is 4.89. The quantitative estimate of drug-likeness (QED) is 0.627. The molecule has 0 saturated carbocycles. The summed E-state index contributed by atoms with van der Waals surface area (Å²) >= 11 is 0. The van der Waals surface area contributed by atoms with Gasteiger partial charge in [-0.25, -0.2) is 0 Å². The summed E-state index contributed by atoms with van der Waals surface area (Å²) < 4.78 is 0. The minimum Gasteiger partial charge on any atom is -0.329 e. The summed E-state index contributed by atoms with van der Waals surface area (Å²) in [6.45, 7) is 10.4. The van der Waals surface area contributed by atoms with E-state index in [4.69, 9.17) is 5.73 Å². The van der Waals surface area contributed by atoms with Crippen LogP contribution in [0, 0.1) is 5.92 Å². The predicted molar refractivity (Wildman–Crippen MR) is 90.0 cm³/mol. The Hall–Kier alpha value is -0.0800. The molecule has 0 aromatic rings. The molecule has 0 spiro atoms. The summed E-state index contributed by atoms with van der Waals surface area (Å²) in [5.74, 6) is 0.951. The topological polar surface area (TPSA) is 29.3 Å². The summed E-state index contributed by atoms with van der Waals surface area (Å²) in [4.78, 5) is 2.71. The Morgan fingerprint density at radius 2 is 1.80 bits per heavy atom. The van der Waals surface area contributed by atoms with Gasteiger partial charge in [-0.15, -0.1) is 0 Å². The van der Waals surface area contributed by atoms with E-state index >= 15 is 0 Å². The van der Waals surface area contributed by atoms with Crippen LogP contribution in [0.4, 0.5) is 0 Å². The molecule has 1 aliphatic heterocycles. The van der Waals surface area contributed by atoms with Crippen LogP contribution in [0.3, 0.4) is 0 Å². The highest BCUT2D eigenvalue weighted by atomic mass is 15.2. The van der Waals surface area contributed by atoms with Crippen LogP contribution in [0.5, 0.6) is 0 Å². The minimum atomic E-state index is 0.245. The summed E-state index contributed by atoms with van der Waals surface area (Å²) in [5.41, 5.74) is 6.40. The van der Waals surface area contributed by atoms with Gasteiger partial charge in [0, 0.05) is 12.1 Å². The Bertz CT molecular complexity index is 242. The Labute approximate surface area is 127 Å². The van der Waals surface area contributed by atoms with Gasteiger partial charge in [-0.05, 0) is 51.6 Å². The number of unbranched alkanes of at least 4 members (excludes halogenated alkanes) is 4. The van der Waals surface area contributed by atoms with Crippen LogP contribution in [0.1, 0.15) is 85.0 Å². The van der Waals surface area contributed by atoms with E-state index in [2.05, 4.69) is 25.7 Å². The molecule has 2 N–H and O–H groups in total. The van der Waals surface area contributed by atoms with Crippen LogP contribution in [0.25, 0.3) is 0 Å². The van der Waals surface area contributed by atoms with E-state index in [1.165, 1.54) is 77.3 Å². The first-order chi connectivity index (χ1) is 9.66. The van der Waals surface area contributed by atoms with Crippen LogP contribution in [-0.4, -0.2) is 30.1 Å². The van der Waals surface area contributed by atoms with Crippen molar-refractivity contribution >= 4 is 0 Å². The first-order valence-corrected chi connectivity index (χ1v) is 9.11. The molecule has 2 nitrogen and oxygen atoms in total. The molecule has 0 radical (unpaired) electrons. The largest absolute Gasteiger partial charge is 0.329 e. The molecule has 2 atom stereocenters. The lowest BCUT2D eigenvalue weighted by atomic mass is 9.91. The monoisotopic (exact) mass is 282 g/mol. The van der Waals surface area contributed by atoms with Crippen molar-refractivity contribution in [2.75, 3.05) is 19.6 Å². The second-order valence-electron chi connectivity index (χ2n) is 7.06. The van der Waals surface area contributed by atoms with E-state index in [0.29, 0.717) is 0 Å². The fourth-order valence-electron chi connectivity index (χ4n) is 3.61. The maximum atomic E-state index is 6.16. The Morgan fingerprint density at radius 3 is 2.45 bits per heavy atom. The molecule has 2 heteroatoms. The lowest BCUT2D eigenvalue weighted by molar-refractivity contribution is 0.101. The van der Waals surface area contributed by atoms with Gasteiger partial charge in [0.1, 0.15) is 0 Å². The van der Waals surface area contributed by atoms with Crippen molar-refractivity contribution in [3.8, 4) is 0 Å². The third-order valence-electron chi connectivity index (χ3n) is 5.45. The molecule has 0 aromatic heterocycles. The second-order valence-corrected chi connectivity index (χ2v) is 7.06. The summed E-state index contributed by atoms with van der Waals surface area (Å²) in [5, 5.41) is 0. The van der Waals surface area contributed by atoms with Crippen molar-refractivity contribution in [1.29, 1.82) is 0 Å². The Kier molecular flexibility index (Phi) is 8.79. The van der Waals surface area contributed by atoms with Gasteiger partial charge < -0.3 is 5.73 Å². The number of hydrogen-bond acceptors (Lipinski definition) is 2. The molecule has 2 unspecified atom stereocenters. The van der Waals surface area contributed by atoms with E-state index in [1.54, 1.807) is 0 Å². The third kappa shape index (κ3) is 5.73. The van der Waals surface area contributed by atoms with Crippen LogP contribution in [0.2, 0.25) is 0 Å². The fraction of sp³-hybridized carbons (Fsp3) is 1.00. The predicted octanol–water partition coefficient (Wildman–Crippen LogP) is 4.58. The molecule has 20 heavy (non-hydrogen) atoms. The molecule has 0 aliphatic carbocycles. The van der Waals surface area contributed by atoms with Gasteiger partial charge in [0.15, 0.2) is 0 Å². The van der Waals surface area contributed by atoms with Gasteiger partial charge in [-0.1, -0.05) is 52.4 Å². The van der Waals surface area contributed by atoms with Gasteiger partial charge in [0.05, 0.1) is 0 Å². The van der Waals surface area contributed by atoms with E-state index in [-0.39, 0.29) is 5.54 Å². The number of likely N-dealkylation sites (tertiary alicyclic amines) is 1. The van der Waals surface area contributed by atoms with Crippen LogP contribution >= 0.6 is 0 Å². The van der Waals surface area contributed by atoms with Crippen molar-refractivity contribution in [2.45, 2.75) is 90.5 Å². The second kappa shape index (κ2) is 9.78. The Balaban J connectivity index is 2.41. The molecule has 0 bridgehead atoms. The van der Waals surface area contributed by atoms with Crippen LogP contribution < -0.4 is 5.73 Å². The SMILES string of the molecule is CCCCCCCC(C)(CN)N1CCCC(CC)CC1. The van der Waals surface area contributed by atoms with Crippen LogP contribution in [0.15, 0.2) is 0 Å². The zero-order chi connectivity index (χ0) is 14.8. The van der Waals surface area contributed by atoms with E-state index in [0.717, 1.165) is 12.5 Å². The molecule has 1 aliphatic rings. The van der Waals surface area contributed by atoms with Gasteiger partial charge in [-0.3, -0.25) is 4.90 Å². The zero-order valence-electron chi connectivity index (χ0n) is 14.3. The summed E-state index contributed by atoms with van der Waals surface area (Å²) in [6, 6.07) is 0. The first kappa shape index (κ1) is 18.0. The molecular weight excluding hydrogens is 244 g/mol. The molecule has 0 aromatic carbocycles. The zero-order valence-corrected chi connectivity index (χ0v) is 14.3. The van der Waals surface area contributed by atoms with Crippen molar-refractivity contribution < 1.29 is 0 Å². The third-order valence-corrected chi connectivity index (χ3v) is 5.45. The maximum Gasteiger partial charge on any atom is 0.0303 e. The lowest BCUT2D eigenvalue weighted by Crippen LogP contribution is -2.52. The van der Waals surface area contributed by atoms with E-state index < -0.39 is 0 Å². The summed E-state index contributed by atoms with van der Waals surface area (Å²) in [7, 11) is 0. The summed E-state index contributed by atoms with van der Waals surface area (Å²) in [6.07, 6.45) is 13.6. The molecule has 1 fully saturated rings. The molecule has 1 saturated heterocycles. The Morgan fingerprint density at radius 1 is 1.05 bits per heavy atom. The number of nitrogens with two attached hydrogens (primary N) is 1. The maximum absolute atomic E-state index is 6.16. The van der Waals surface area contributed by atoms with E-state index in [1.807, 2.05) is 0 Å². The lowest BCUT2D eigenvalue weighted by Gasteiger charge is -2.40. The number of nitrogens with zero attached hydrogens (tertiary/aromatic N) is 1. The normalized spacial score (nSPS) is 24.3. The van der Waals surface area contributed by atoms with Crippen molar-refractivity contribution in [1.82, 2.24) is 4.90 Å². The highest BCUT2D eigenvalue weighted by Gasteiger charge is 2.31. The number of hydrogen-bond donors (Lipinski definition) is 1. The van der Waals surface area contributed by atoms with E-state index in [9.17, 15) is 0 Å². The first-order valence-electron chi connectivity index (χ1n) is 9.11. The van der Waals surface area contributed by atoms with Gasteiger partial charge >= 0.3 is 0 Å². The van der Waals surface area contributed by atoms with Crippen LogP contribution in [-0.2, 0) is 0 Å². The van der Waals surface area contributed by atoms with Crippen molar-refractivity contribution in [3.63, 3.8) is 0 Å². The van der Waals surface area contributed by atoms with Crippen molar-refractivity contribution in [2.24, 2.45) is 11.7 Å². The molecule has 1 rings (SSSR count). The van der Waals surface area contributed by atoms with Crippen molar-refractivity contribution in [3.05, 3.63) is 0 Å².